The monoisotopic (exact) mass is 610 g/mol. The molecule has 0 radical (unpaired) electrons. The van der Waals surface area contributed by atoms with Crippen molar-refractivity contribution < 1.29 is 28.2 Å². The zero-order chi connectivity index (χ0) is 32.0. The minimum absolute atomic E-state index is 0.0378. The molecule has 1 aromatic carbocycles. The summed E-state index contributed by atoms with van der Waals surface area (Å²) in [7, 11) is -2.44. The van der Waals surface area contributed by atoms with Crippen LogP contribution in [0.5, 0.6) is 5.75 Å². The van der Waals surface area contributed by atoms with Crippen molar-refractivity contribution in [2.24, 2.45) is 23.7 Å². The average Bonchev–Trinajstić information content (AvgIpc) is 2.84. The lowest BCUT2D eigenvalue weighted by atomic mass is 9.81. The lowest BCUT2D eigenvalue weighted by molar-refractivity contribution is -0.148. The van der Waals surface area contributed by atoms with Crippen LogP contribution in [0.3, 0.4) is 0 Å². The molecule has 1 rings (SSSR count). The molecule has 1 aromatic rings. The molecule has 0 fully saturated rings. The van der Waals surface area contributed by atoms with Crippen molar-refractivity contribution in [1.82, 2.24) is 0 Å². The van der Waals surface area contributed by atoms with Crippen molar-refractivity contribution in [1.29, 1.82) is 0 Å². The summed E-state index contributed by atoms with van der Waals surface area (Å²) in [4.78, 5) is 12.3. The van der Waals surface area contributed by atoms with Crippen LogP contribution in [0, 0.1) is 23.7 Å². The number of methoxy groups -OCH3 is 1. The second-order valence-corrected chi connectivity index (χ2v) is 24.9. The molecule has 0 heterocycles. The minimum atomic E-state index is -2.25. The van der Waals surface area contributed by atoms with E-state index in [9.17, 15) is 9.90 Å². The molecule has 0 aliphatic carbocycles. The second-order valence-electron chi connectivity index (χ2n) is 15.3. The highest BCUT2D eigenvalue weighted by molar-refractivity contribution is 6.74. The van der Waals surface area contributed by atoms with Crippen LogP contribution >= 0.6 is 0 Å². The third-order valence-electron chi connectivity index (χ3n) is 9.63. The van der Waals surface area contributed by atoms with E-state index in [4.69, 9.17) is 18.3 Å². The predicted octanol–water partition coefficient (Wildman–Crippen LogP) is 9.01. The average molecular weight is 611 g/mol. The fourth-order valence-corrected chi connectivity index (χ4v) is 7.25. The van der Waals surface area contributed by atoms with E-state index >= 15 is 0 Å². The van der Waals surface area contributed by atoms with Gasteiger partial charge in [-0.2, -0.15) is 0 Å². The minimum Gasteiger partial charge on any atom is -0.497 e. The number of ether oxygens (including phenoxy) is 2. The Hall–Kier alpha value is -1.20. The van der Waals surface area contributed by atoms with Gasteiger partial charge in [0.2, 0.25) is 0 Å². The molecule has 0 aromatic heterocycles. The van der Waals surface area contributed by atoms with Crippen molar-refractivity contribution in [3.63, 3.8) is 0 Å². The van der Waals surface area contributed by atoms with E-state index < -0.39 is 34.6 Å². The van der Waals surface area contributed by atoms with Crippen LogP contribution in [-0.4, -0.2) is 53.6 Å². The van der Waals surface area contributed by atoms with Gasteiger partial charge in [-0.25, -0.2) is 0 Å². The van der Waals surface area contributed by atoms with Gasteiger partial charge in [0.15, 0.2) is 16.6 Å². The lowest BCUT2D eigenvalue weighted by Gasteiger charge is -2.44. The maximum absolute atomic E-state index is 12.3. The number of aliphatic carboxylic acids is 1. The van der Waals surface area contributed by atoms with E-state index in [2.05, 4.69) is 88.5 Å². The summed E-state index contributed by atoms with van der Waals surface area (Å²) in [6.45, 7) is 31.9. The van der Waals surface area contributed by atoms with E-state index in [-0.39, 0.29) is 28.0 Å². The third-order valence-corrected chi connectivity index (χ3v) is 18.6. The fraction of sp³-hybridized carbons (Fsp3) is 0.788. The zero-order valence-corrected chi connectivity index (χ0v) is 30.9. The molecule has 0 spiro atoms. The Balaban J connectivity index is 3.29. The summed E-state index contributed by atoms with van der Waals surface area (Å²) >= 11 is 0. The van der Waals surface area contributed by atoms with Gasteiger partial charge in [-0.1, -0.05) is 74.4 Å². The van der Waals surface area contributed by atoms with Gasteiger partial charge in [0.25, 0.3) is 0 Å². The molecule has 0 bridgehead atoms. The van der Waals surface area contributed by atoms with E-state index in [0.717, 1.165) is 24.3 Å². The molecule has 41 heavy (non-hydrogen) atoms. The largest absolute Gasteiger partial charge is 0.497 e. The molecule has 0 saturated heterocycles. The predicted molar refractivity (Wildman–Crippen MR) is 176 cm³/mol. The molecule has 0 aliphatic rings. The Labute approximate surface area is 254 Å². The number of benzene rings is 1. The summed E-state index contributed by atoms with van der Waals surface area (Å²) in [5.41, 5.74) is 1.05. The summed E-state index contributed by atoms with van der Waals surface area (Å²) in [5.74, 6) is -0.295. The molecular weight excluding hydrogens is 549 g/mol. The van der Waals surface area contributed by atoms with Gasteiger partial charge in [-0.3, -0.25) is 4.79 Å². The Morgan fingerprint density at radius 1 is 0.854 bits per heavy atom. The van der Waals surface area contributed by atoms with Crippen LogP contribution in [0.15, 0.2) is 24.3 Å². The Kier molecular flexibility index (Phi) is 13.8. The summed E-state index contributed by atoms with van der Waals surface area (Å²) in [6.07, 6.45) is 0.264. The molecule has 0 saturated carbocycles. The number of rotatable bonds is 16. The Morgan fingerprint density at radius 2 is 1.37 bits per heavy atom. The van der Waals surface area contributed by atoms with E-state index in [1.165, 1.54) is 0 Å². The normalized spacial score (nSPS) is 17.8. The van der Waals surface area contributed by atoms with Crippen molar-refractivity contribution >= 4 is 22.6 Å². The molecule has 1 N–H and O–H groups in total. The summed E-state index contributed by atoms with van der Waals surface area (Å²) in [6, 6.07) is 7.92. The van der Waals surface area contributed by atoms with Gasteiger partial charge in [0, 0.05) is 12.5 Å². The van der Waals surface area contributed by atoms with Gasteiger partial charge in [-0.05, 0) is 79.1 Å². The third kappa shape index (κ3) is 11.1. The molecular formula is C33H62O6Si2. The standard InChI is InChI=1S/C33H62O6Si2/c1-23(21-38-40(12,13)32(5,6)7)20-24(2)29(37-22-27-16-18-28(36-11)19-17-27)25(3)30(26(4)31(34)35)39-41(14,15)33(8,9)10/h16-19,23-26,29-30H,20-22H2,1-15H3,(H,34,35)/t23-,24+,25-,26-,29+,30+/m1/s1. The van der Waals surface area contributed by atoms with Crippen molar-refractivity contribution in [3.8, 4) is 5.75 Å². The van der Waals surface area contributed by atoms with Crippen LogP contribution in [0.2, 0.25) is 36.3 Å². The highest BCUT2D eigenvalue weighted by Crippen LogP contribution is 2.41. The van der Waals surface area contributed by atoms with Crippen LogP contribution < -0.4 is 4.74 Å². The fourth-order valence-electron chi connectivity index (χ4n) is 4.66. The lowest BCUT2D eigenvalue weighted by Crippen LogP contribution is -2.51. The van der Waals surface area contributed by atoms with E-state index in [1.807, 2.05) is 24.3 Å². The van der Waals surface area contributed by atoms with Crippen molar-refractivity contribution in [3.05, 3.63) is 29.8 Å². The van der Waals surface area contributed by atoms with Gasteiger partial charge in [0.1, 0.15) is 5.75 Å². The molecule has 6 nitrogen and oxygen atoms in total. The second kappa shape index (κ2) is 15.0. The topological polar surface area (TPSA) is 74.2 Å². The van der Waals surface area contributed by atoms with Crippen LogP contribution in [-0.2, 0) is 25.0 Å². The van der Waals surface area contributed by atoms with Crippen molar-refractivity contribution in [2.45, 2.75) is 131 Å². The Morgan fingerprint density at radius 3 is 1.80 bits per heavy atom. The number of hydrogen-bond donors (Lipinski definition) is 1. The molecule has 0 aliphatic heterocycles. The van der Waals surface area contributed by atoms with Gasteiger partial charge in [-0.15, -0.1) is 0 Å². The molecule has 0 amide bonds. The maximum atomic E-state index is 12.3. The first-order valence-electron chi connectivity index (χ1n) is 15.3. The van der Waals surface area contributed by atoms with Gasteiger partial charge >= 0.3 is 5.97 Å². The maximum Gasteiger partial charge on any atom is 0.308 e. The number of hydrogen-bond acceptors (Lipinski definition) is 5. The van der Waals surface area contributed by atoms with E-state index in [0.29, 0.717) is 12.5 Å². The van der Waals surface area contributed by atoms with Crippen molar-refractivity contribution in [2.75, 3.05) is 13.7 Å². The first kappa shape index (κ1) is 37.8. The number of carboxylic acids is 1. The number of carbonyl (C=O) groups is 1. The Bertz CT molecular complexity index is 933. The first-order valence-corrected chi connectivity index (χ1v) is 21.1. The quantitative estimate of drug-likeness (QED) is 0.188. The molecule has 8 heteroatoms. The highest BCUT2D eigenvalue weighted by atomic mass is 28.4. The van der Waals surface area contributed by atoms with Crippen LogP contribution in [0.4, 0.5) is 0 Å². The van der Waals surface area contributed by atoms with Gasteiger partial charge < -0.3 is 23.4 Å². The summed E-state index contributed by atoms with van der Waals surface area (Å²) < 4.78 is 25.5. The molecule has 6 atom stereocenters. The SMILES string of the molecule is COc1ccc(CO[C@H]([C@@H](C)[C@H](O[Si](C)(C)C(C)(C)C)[C@@H](C)C(=O)O)[C@@H](C)C[C@@H](C)CO[Si](C)(C)C(C)(C)C)cc1. The van der Waals surface area contributed by atoms with E-state index in [1.54, 1.807) is 14.0 Å². The smallest absolute Gasteiger partial charge is 0.308 e. The van der Waals surface area contributed by atoms with Gasteiger partial charge in [0.05, 0.1) is 31.8 Å². The highest BCUT2D eigenvalue weighted by Gasteiger charge is 2.45. The van der Waals surface area contributed by atoms with Crippen LogP contribution in [0.25, 0.3) is 0 Å². The zero-order valence-electron chi connectivity index (χ0n) is 28.9. The molecule has 238 valence electrons. The summed E-state index contributed by atoms with van der Waals surface area (Å²) in [5, 5.41) is 10.2. The first-order chi connectivity index (χ1) is 18.5. The molecule has 0 unspecified atom stereocenters. The van der Waals surface area contributed by atoms with Crippen LogP contribution in [0.1, 0.15) is 81.2 Å². The number of carboxylic acid groups (broad SMARTS) is 1.